The Balaban J connectivity index is 2.30. The minimum Gasteiger partial charge on any atom is -0.260 e. The number of aromatic nitrogens is 1. The highest BCUT2D eigenvalue weighted by molar-refractivity contribution is 5.29. The third-order valence-corrected chi connectivity index (χ3v) is 3.02. The van der Waals surface area contributed by atoms with Gasteiger partial charge < -0.3 is 0 Å². The fourth-order valence-corrected chi connectivity index (χ4v) is 1.73. The first kappa shape index (κ1) is 10.5. The lowest BCUT2D eigenvalue weighted by molar-refractivity contribution is -0.161. The Hall–Kier alpha value is -1.06. The van der Waals surface area contributed by atoms with Gasteiger partial charge in [-0.2, -0.15) is 13.2 Å². The molecule has 1 nitrogen and oxygen atoms in total. The van der Waals surface area contributed by atoms with Crippen LogP contribution in [0.15, 0.2) is 18.3 Å². The van der Waals surface area contributed by atoms with Crippen LogP contribution in [0.1, 0.15) is 31.0 Å². The number of hydrogen-bond donors (Lipinski definition) is 0. The van der Waals surface area contributed by atoms with E-state index in [1.807, 2.05) is 6.92 Å². The van der Waals surface area contributed by atoms with Crippen LogP contribution in [0.3, 0.4) is 0 Å². The third kappa shape index (κ3) is 1.62. The van der Waals surface area contributed by atoms with Crippen LogP contribution in [0.25, 0.3) is 0 Å². The van der Waals surface area contributed by atoms with Crippen LogP contribution in [-0.4, -0.2) is 11.2 Å². The Morgan fingerprint density at radius 1 is 1.33 bits per heavy atom. The van der Waals surface area contributed by atoms with E-state index in [4.69, 9.17) is 0 Å². The second-order valence-electron chi connectivity index (χ2n) is 3.99. The molecule has 1 saturated carbocycles. The fraction of sp³-hybridized carbons (Fsp3) is 0.545. The molecule has 0 atom stereocenters. The molecule has 1 aliphatic rings. The summed E-state index contributed by atoms with van der Waals surface area (Å²) in [6, 6.07) is 3.24. The van der Waals surface area contributed by atoms with Crippen LogP contribution in [-0.2, 0) is 11.8 Å². The van der Waals surface area contributed by atoms with Gasteiger partial charge in [-0.1, -0.05) is 13.0 Å². The van der Waals surface area contributed by atoms with Crippen LogP contribution in [0.4, 0.5) is 13.2 Å². The van der Waals surface area contributed by atoms with Gasteiger partial charge in [-0.25, -0.2) is 0 Å². The summed E-state index contributed by atoms with van der Waals surface area (Å²) in [5.74, 6) is 0. The van der Waals surface area contributed by atoms with Gasteiger partial charge in [0.15, 0.2) is 0 Å². The molecule has 2 rings (SSSR count). The van der Waals surface area contributed by atoms with Crippen LogP contribution >= 0.6 is 0 Å². The SMILES string of the molecule is CCc1ccc(C2(C(F)(F)F)CC2)nc1. The zero-order valence-electron chi connectivity index (χ0n) is 8.43. The molecule has 0 radical (unpaired) electrons. The second-order valence-corrected chi connectivity index (χ2v) is 3.99. The van der Waals surface area contributed by atoms with Gasteiger partial charge in [0.1, 0.15) is 5.41 Å². The maximum Gasteiger partial charge on any atom is 0.399 e. The highest BCUT2D eigenvalue weighted by Gasteiger charge is 2.65. The number of aryl methyl sites for hydroxylation is 1. The van der Waals surface area contributed by atoms with Crippen molar-refractivity contribution in [3.05, 3.63) is 29.6 Å². The summed E-state index contributed by atoms with van der Waals surface area (Å²) in [6.45, 7) is 1.95. The summed E-state index contributed by atoms with van der Waals surface area (Å²) in [5.41, 5.74) is -0.497. The number of halogens is 3. The molecule has 0 spiro atoms. The molecule has 0 aliphatic heterocycles. The molecule has 82 valence electrons. The van der Waals surface area contributed by atoms with Crippen molar-refractivity contribution in [3.63, 3.8) is 0 Å². The molecule has 1 aliphatic carbocycles. The molecule has 0 saturated heterocycles. The van der Waals surface area contributed by atoms with Gasteiger partial charge in [0.2, 0.25) is 0 Å². The van der Waals surface area contributed by atoms with Crippen molar-refractivity contribution in [2.24, 2.45) is 0 Å². The Labute approximate surface area is 86.3 Å². The van der Waals surface area contributed by atoms with Gasteiger partial charge in [-0.3, -0.25) is 4.98 Å². The van der Waals surface area contributed by atoms with Gasteiger partial charge in [-0.05, 0) is 30.9 Å². The van der Waals surface area contributed by atoms with E-state index in [0.717, 1.165) is 12.0 Å². The van der Waals surface area contributed by atoms with Crippen molar-refractivity contribution in [3.8, 4) is 0 Å². The van der Waals surface area contributed by atoms with Gasteiger partial charge in [0.05, 0.1) is 5.69 Å². The van der Waals surface area contributed by atoms with Crippen molar-refractivity contribution < 1.29 is 13.2 Å². The van der Waals surface area contributed by atoms with Gasteiger partial charge in [0, 0.05) is 6.20 Å². The minimum absolute atomic E-state index is 0.173. The average Bonchev–Trinajstić information content (AvgIpc) is 2.98. The van der Waals surface area contributed by atoms with Crippen molar-refractivity contribution in [2.45, 2.75) is 37.8 Å². The van der Waals surface area contributed by atoms with Crippen LogP contribution in [0, 0.1) is 0 Å². The molecule has 0 N–H and O–H groups in total. The normalized spacial score (nSPS) is 18.9. The Bertz CT molecular complexity index is 349. The molecule has 0 amide bonds. The molecular weight excluding hydrogens is 203 g/mol. The van der Waals surface area contributed by atoms with Gasteiger partial charge in [-0.15, -0.1) is 0 Å². The van der Waals surface area contributed by atoms with E-state index < -0.39 is 11.6 Å². The van der Waals surface area contributed by atoms with Crippen LogP contribution < -0.4 is 0 Å². The van der Waals surface area contributed by atoms with E-state index >= 15 is 0 Å². The molecule has 1 aromatic heterocycles. The summed E-state index contributed by atoms with van der Waals surface area (Å²) in [7, 11) is 0. The molecule has 1 heterocycles. The summed E-state index contributed by atoms with van der Waals surface area (Å²) in [6.07, 6.45) is -1.47. The topological polar surface area (TPSA) is 12.9 Å². The maximum absolute atomic E-state index is 12.7. The van der Waals surface area contributed by atoms with Gasteiger partial charge >= 0.3 is 6.18 Å². The molecule has 1 fully saturated rings. The summed E-state index contributed by atoms with van der Waals surface area (Å²) in [4.78, 5) is 3.93. The largest absolute Gasteiger partial charge is 0.399 e. The van der Waals surface area contributed by atoms with Crippen molar-refractivity contribution in [1.29, 1.82) is 0 Å². The Kier molecular flexibility index (Phi) is 2.24. The quantitative estimate of drug-likeness (QED) is 0.738. The third-order valence-electron chi connectivity index (χ3n) is 3.02. The number of alkyl halides is 3. The van der Waals surface area contributed by atoms with Crippen LogP contribution in [0.2, 0.25) is 0 Å². The lowest BCUT2D eigenvalue weighted by atomic mass is 10.0. The van der Waals surface area contributed by atoms with E-state index in [1.54, 1.807) is 12.3 Å². The molecular formula is C11H12F3N. The lowest BCUT2D eigenvalue weighted by Gasteiger charge is -2.18. The number of nitrogens with zero attached hydrogens (tertiary/aromatic N) is 1. The van der Waals surface area contributed by atoms with E-state index in [0.29, 0.717) is 0 Å². The first-order valence-corrected chi connectivity index (χ1v) is 5.02. The molecule has 0 aromatic carbocycles. The fourth-order valence-electron chi connectivity index (χ4n) is 1.73. The number of rotatable bonds is 2. The Morgan fingerprint density at radius 2 is 2.00 bits per heavy atom. The predicted octanol–water partition coefficient (Wildman–Crippen LogP) is 3.24. The molecule has 4 heteroatoms. The Morgan fingerprint density at radius 3 is 2.33 bits per heavy atom. The monoisotopic (exact) mass is 215 g/mol. The smallest absolute Gasteiger partial charge is 0.260 e. The first-order valence-electron chi connectivity index (χ1n) is 5.02. The maximum atomic E-state index is 12.7. The summed E-state index contributed by atoms with van der Waals surface area (Å²) < 4.78 is 38.2. The first-order chi connectivity index (χ1) is 6.99. The summed E-state index contributed by atoms with van der Waals surface area (Å²) >= 11 is 0. The predicted molar refractivity (Wildman–Crippen MR) is 50.6 cm³/mol. The van der Waals surface area contributed by atoms with Gasteiger partial charge in [0.25, 0.3) is 0 Å². The molecule has 0 unspecified atom stereocenters. The molecule has 0 bridgehead atoms. The van der Waals surface area contributed by atoms with Crippen LogP contribution in [0.5, 0.6) is 0 Å². The van der Waals surface area contributed by atoms with E-state index in [1.165, 1.54) is 6.07 Å². The standard InChI is InChI=1S/C11H12F3N/c1-2-8-3-4-9(15-7-8)10(5-6-10)11(12,13)14/h3-4,7H,2,5-6H2,1H3. The van der Waals surface area contributed by atoms with E-state index in [2.05, 4.69) is 4.98 Å². The number of pyridine rings is 1. The molecule has 1 aromatic rings. The highest BCUT2D eigenvalue weighted by Crippen LogP contribution is 2.58. The number of hydrogen-bond acceptors (Lipinski definition) is 1. The zero-order valence-corrected chi connectivity index (χ0v) is 8.43. The molecule has 15 heavy (non-hydrogen) atoms. The second kappa shape index (κ2) is 3.22. The van der Waals surface area contributed by atoms with E-state index in [9.17, 15) is 13.2 Å². The van der Waals surface area contributed by atoms with Crippen molar-refractivity contribution in [1.82, 2.24) is 4.98 Å². The van der Waals surface area contributed by atoms with E-state index in [-0.39, 0.29) is 18.5 Å². The summed E-state index contributed by atoms with van der Waals surface area (Å²) in [5, 5.41) is 0. The zero-order chi connectivity index (χ0) is 11.1. The van der Waals surface area contributed by atoms with Crippen molar-refractivity contribution >= 4 is 0 Å². The lowest BCUT2D eigenvalue weighted by Crippen LogP contribution is -2.29. The van der Waals surface area contributed by atoms with Crippen molar-refractivity contribution in [2.75, 3.05) is 0 Å². The average molecular weight is 215 g/mol. The minimum atomic E-state index is -4.16. The highest BCUT2D eigenvalue weighted by atomic mass is 19.4.